The lowest BCUT2D eigenvalue weighted by Crippen LogP contribution is -2.50. The Kier molecular flexibility index (Phi) is 5.73. The molecule has 4 heteroatoms. The molecule has 0 radical (unpaired) electrons. The molecule has 1 fully saturated rings. The summed E-state index contributed by atoms with van der Waals surface area (Å²) in [5.74, 6) is -0.197. The van der Waals surface area contributed by atoms with E-state index in [1.807, 2.05) is 19.9 Å². The zero-order valence-electron chi connectivity index (χ0n) is 13.2. The van der Waals surface area contributed by atoms with Crippen LogP contribution in [0.1, 0.15) is 43.9 Å². The predicted molar refractivity (Wildman–Crippen MR) is 82.0 cm³/mol. The molecular weight excluding hydrogens is 269 g/mol. The molecule has 1 heterocycles. The summed E-state index contributed by atoms with van der Waals surface area (Å²) in [6, 6.07) is 4.98. The molecule has 21 heavy (non-hydrogen) atoms. The molecule has 118 valence electrons. The highest BCUT2D eigenvalue weighted by Gasteiger charge is 2.42. The minimum Gasteiger partial charge on any atom is -0.381 e. The average molecular weight is 295 g/mol. The molecule has 3 nitrogen and oxygen atoms in total. The van der Waals surface area contributed by atoms with Crippen LogP contribution in [-0.4, -0.2) is 32.0 Å². The Hall–Kier alpha value is -0.970. The number of likely N-dealkylation sites (N-methyl/N-ethyl adjacent to an activating group) is 1. The van der Waals surface area contributed by atoms with Crippen molar-refractivity contribution in [2.45, 2.75) is 45.3 Å². The van der Waals surface area contributed by atoms with Gasteiger partial charge in [-0.3, -0.25) is 0 Å². The molecule has 0 aromatic heterocycles. The number of nitrogens with one attached hydrogen (secondary N) is 1. The molecule has 1 atom stereocenters. The van der Waals surface area contributed by atoms with Crippen LogP contribution in [0.4, 0.5) is 4.39 Å². The van der Waals surface area contributed by atoms with Crippen molar-refractivity contribution in [2.24, 2.45) is 0 Å². The van der Waals surface area contributed by atoms with Crippen LogP contribution in [0.25, 0.3) is 0 Å². The first kappa shape index (κ1) is 16.4. The minimum atomic E-state index is -0.318. The monoisotopic (exact) mass is 295 g/mol. The summed E-state index contributed by atoms with van der Waals surface area (Å²) in [7, 11) is 0. The second-order valence-electron chi connectivity index (χ2n) is 5.60. The molecule has 1 aliphatic heterocycles. The van der Waals surface area contributed by atoms with E-state index >= 15 is 0 Å². The average Bonchev–Trinajstić information content (AvgIpc) is 2.49. The molecule has 1 unspecified atom stereocenters. The van der Waals surface area contributed by atoms with Crippen LogP contribution in [-0.2, 0) is 9.47 Å². The Morgan fingerprint density at radius 3 is 2.67 bits per heavy atom. The molecule has 1 aromatic rings. The summed E-state index contributed by atoms with van der Waals surface area (Å²) >= 11 is 0. The highest BCUT2D eigenvalue weighted by Crippen LogP contribution is 2.39. The van der Waals surface area contributed by atoms with E-state index in [1.54, 1.807) is 6.07 Å². The Balaban J connectivity index is 2.41. The third-order valence-corrected chi connectivity index (χ3v) is 4.26. The maximum Gasteiger partial charge on any atom is 0.123 e. The van der Waals surface area contributed by atoms with Gasteiger partial charge in [0.2, 0.25) is 0 Å². The van der Waals surface area contributed by atoms with Crippen molar-refractivity contribution in [2.75, 3.05) is 26.4 Å². The van der Waals surface area contributed by atoms with Crippen LogP contribution in [0.2, 0.25) is 0 Å². The number of rotatable bonds is 6. The quantitative estimate of drug-likeness (QED) is 0.873. The van der Waals surface area contributed by atoms with Crippen molar-refractivity contribution in [1.82, 2.24) is 5.32 Å². The van der Waals surface area contributed by atoms with E-state index in [4.69, 9.17) is 9.47 Å². The van der Waals surface area contributed by atoms with Gasteiger partial charge in [0, 0.05) is 32.7 Å². The molecule has 0 spiro atoms. The number of hydrogen-bond donors (Lipinski definition) is 1. The van der Waals surface area contributed by atoms with Gasteiger partial charge < -0.3 is 14.8 Å². The van der Waals surface area contributed by atoms with Gasteiger partial charge in [-0.15, -0.1) is 0 Å². The van der Waals surface area contributed by atoms with Gasteiger partial charge in [-0.1, -0.05) is 13.0 Å². The van der Waals surface area contributed by atoms with Crippen LogP contribution >= 0.6 is 0 Å². The Morgan fingerprint density at radius 2 is 2.05 bits per heavy atom. The smallest absolute Gasteiger partial charge is 0.123 e. The van der Waals surface area contributed by atoms with Gasteiger partial charge in [0.1, 0.15) is 5.82 Å². The van der Waals surface area contributed by atoms with Crippen molar-refractivity contribution < 1.29 is 13.9 Å². The number of ether oxygens (including phenoxy) is 2. The second kappa shape index (κ2) is 7.34. The van der Waals surface area contributed by atoms with Crippen molar-refractivity contribution >= 4 is 0 Å². The van der Waals surface area contributed by atoms with E-state index in [9.17, 15) is 4.39 Å². The SMILES string of the molecule is CCNC(c1cc(F)ccc1C)C1(OCC)CCOCC1. The lowest BCUT2D eigenvalue weighted by atomic mass is 9.80. The molecule has 2 rings (SSSR count). The molecule has 1 N–H and O–H groups in total. The van der Waals surface area contributed by atoms with Crippen molar-refractivity contribution in [3.8, 4) is 0 Å². The molecule has 1 aromatic carbocycles. The molecule has 1 aliphatic rings. The molecule has 0 bridgehead atoms. The summed E-state index contributed by atoms with van der Waals surface area (Å²) in [6.07, 6.45) is 1.66. The summed E-state index contributed by atoms with van der Waals surface area (Å²) in [5, 5.41) is 3.52. The Morgan fingerprint density at radius 1 is 1.33 bits per heavy atom. The van der Waals surface area contributed by atoms with E-state index in [-0.39, 0.29) is 17.5 Å². The Bertz CT molecular complexity index is 453. The van der Waals surface area contributed by atoms with Gasteiger partial charge in [0.15, 0.2) is 0 Å². The third kappa shape index (κ3) is 3.62. The molecule has 1 saturated heterocycles. The van der Waals surface area contributed by atoms with Crippen LogP contribution in [0.5, 0.6) is 0 Å². The Labute approximate surface area is 126 Å². The minimum absolute atomic E-state index is 0.0120. The predicted octanol–water partition coefficient (Wildman–Crippen LogP) is 3.37. The first-order valence-electron chi connectivity index (χ1n) is 7.84. The fourth-order valence-electron chi connectivity index (χ4n) is 3.23. The van der Waals surface area contributed by atoms with Crippen LogP contribution < -0.4 is 5.32 Å². The van der Waals surface area contributed by atoms with Gasteiger partial charge in [0.25, 0.3) is 0 Å². The van der Waals surface area contributed by atoms with Crippen LogP contribution in [0, 0.1) is 12.7 Å². The van der Waals surface area contributed by atoms with E-state index in [2.05, 4.69) is 12.2 Å². The van der Waals surface area contributed by atoms with Crippen molar-refractivity contribution in [1.29, 1.82) is 0 Å². The first-order chi connectivity index (χ1) is 10.1. The second-order valence-corrected chi connectivity index (χ2v) is 5.60. The fourth-order valence-corrected chi connectivity index (χ4v) is 3.23. The highest BCUT2D eigenvalue weighted by molar-refractivity contribution is 5.32. The van der Waals surface area contributed by atoms with E-state index < -0.39 is 0 Å². The largest absolute Gasteiger partial charge is 0.381 e. The topological polar surface area (TPSA) is 30.5 Å². The normalized spacial score (nSPS) is 19.4. The third-order valence-electron chi connectivity index (χ3n) is 4.26. The summed E-state index contributed by atoms with van der Waals surface area (Å²) in [4.78, 5) is 0. The zero-order chi connectivity index (χ0) is 15.3. The standard InChI is InChI=1S/C17H26FNO2/c1-4-19-16(15-12-14(18)7-6-13(15)3)17(21-5-2)8-10-20-11-9-17/h6-7,12,16,19H,4-5,8-11H2,1-3H3. The summed E-state index contributed by atoms with van der Waals surface area (Å²) in [5.41, 5.74) is 1.77. The molecular formula is C17H26FNO2. The molecule has 0 amide bonds. The number of benzene rings is 1. The summed E-state index contributed by atoms with van der Waals surface area (Å²) in [6.45, 7) is 8.95. The van der Waals surface area contributed by atoms with Gasteiger partial charge >= 0.3 is 0 Å². The van der Waals surface area contributed by atoms with E-state index in [0.29, 0.717) is 19.8 Å². The number of halogens is 1. The first-order valence-corrected chi connectivity index (χ1v) is 7.84. The highest BCUT2D eigenvalue weighted by atomic mass is 19.1. The summed E-state index contributed by atoms with van der Waals surface area (Å²) < 4.78 is 25.4. The van der Waals surface area contributed by atoms with E-state index in [1.165, 1.54) is 6.07 Å². The van der Waals surface area contributed by atoms with Gasteiger partial charge in [-0.2, -0.15) is 0 Å². The van der Waals surface area contributed by atoms with Crippen LogP contribution in [0.3, 0.4) is 0 Å². The van der Waals surface area contributed by atoms with Gasteiger partial charge in [-0.25, -0.2) is 4.39 Å². The lowest BCUT2D eigenvalue weighted by Gasteiger charge is -2.44. The zero-order valence-corrected chi connectivity index (χ0v) is 13.2. The fraction of sp³-hybridized carbons (Fsp3) is 0.647. The maximum atomic E-state index is 13.7. The number of hydrogen-bond acceptors (Lipinski definition) is 3. The molecule has 0 saturated carbocycles. The number of aryl methyl sites for hydroxylation is 1. The maximum absolute atomic E-state index is 13.7. The van der Waals surface area contributed by atoms with Crippen molar-refractivity contribution in [3.63, 3.8) is 0 Å². The van der Waals surface area contributed by atoms with E-state index in [0.717, 1.165) is 30.5 Å². The van der Waals surface area contributed by atoms with Gasteiger partial charge in [-0.05, 0) is 43.7 Å². The van der Waals surface area contributed by atoms with Crippen molar-refractivity contribution in [3.05, 3.63) is 35.1 Å². The lowest BCUT2D eigenvalue weighted by molar-refractivity contribution is -0.128. The molecule has 0 aliphatic carbocycles. The van der Waals surface area contributed by atoms with Gasteiger partial charge in [0.05, 0.1) is 11.6 Å². The van der Waals surface area contributed by atoms with Crippen LogP contribution in [0.15, 0.2) is 18.2 Å².